The van der Waals surface area contributed by atoms with Crippen LogP contribution in [0.15, 0.2) is 59.0 Å². The molecule has 2 aromatic heterocycles. The minimum atomic E-state index is 0. The molecule has 3 heterocycles. The van der Waals surface area contributed by atoms with Crippen molar-refractivity contribution in [2.24, 2.45) is 39.8 Å². The smallest absolute Gasteiger partial charge is 0.0924 e. The van der Waals surface area contributed by atoms with Crippen molar-refractivity contribution in [3.8, 4) is 0 Å². The minimum absolute atomic E-state index is 0. The van der Waals surface area contributed by atoms with Crippen molar-refractivity contribution in [1.82, 2.24) is 9.97 Å². The molecule has 1 aliphatic carbocycles. The molecule has 202 valence electrons. The zero-order chi connectivity index (χ0) is 26.2. The highest BCUT2D eigenvalue weighted by atomic mass is 15.2. The van der Waals surface area contributed by atoms with Gasteiger partial charge in [0, 0.05) is 24.2 Å². The molecule has 0 spiro atoms. The summed E-state index contributed by atoms with van der Waals surface area (Å²) in [4.78, 5) is 9.21. The van der Waals surface area contributed by atoms with Gasteiger partial charge in [-0.1, -0.05) is 94.7 Å². The Morgan fingerprint density at radius 2 is 1.11 bits per heavy atom. The van der Waals surface area contributed by atoms with Crippen LogP contribution >= 0.6 is 0 Å². The first-order valence-corrected chi connectivity index (χ1v) is 14.1. The summed E-state index contributed by atoms with van der Waals surface area (Å²) in [6, 6.07) is 12.2. The Bertz CT molecular complexity index is 858. The Labute approximate surface area is 223 Å². The van der Waals surface area contributed by atoms with Crippen molar-refractivity contribution in [1.29, 1.82) is 0 Å². The first-order chi connectivity index (χ1) is 17.1. The van der Waals surface area contributed by atoms with E-state index in [9.17, 15) is 0 Å². The average molecular weight is 495 g/mol. The van der Waals surface area contributed by atoms with Gasteiger partial charge in [-0.25, -0.2) is 0 Å². The highest BCUT2D eigenvalue weighted by Gasteiger charge is 2.37. The maximum Gasteiger partial charge on any atom is 0.0924 e. The zero-order valence-electron chi connectivity index (χ0n) is 23.8. The van der Waals surface area contributed by atoms with Gasteiger partial charge in [0.2, 0.25) is 0 Å². The molecule has 4 atom stereocenters. The van der Waals surface area contributed by atoms with Crippen LogP contribution in [0, 0.1) is 29.6 Å². The third-order valence-electron chi connectivity index (χ3n) is 7.04. The summed E-state index contributed by atoms with van der Waals surface area (Å²) in [5, 5.41) is 9.42. The maximum absolute atomic E-state index is 4.72. The summed E-state index contributed by atoms with van der Waals surface area (Å²) in [6.45, 7) is 19.2. The lowest BCUT2D eigenvalue weighted by Gasteiger charge is -2.37. The molecule has 4 rings (SSSR count). The molecule has 4 nitrogen and oxygen atoms in total. The molecule has 0 bridgehead atoms. The van der Waals surface area contributed by atoms with Crippen molar-refractivity contribution < 1.29 is 0 Å². The van der Waals surface area contributed by atoms with Crippen LogP contribution in [0.3, 0.4) is 0 Å². The fourth-order valence-corrected chi connectivity index (χ4v) is 5.03. The fraction of sp³-hybridized carbons (Fsp3) is 0.625. The minimum Gasteiger partial charge on any atom is -0.255 e. The van der Waals surface area contributed by atoms with E-state index < -0.39 is 0 Å². The molecule has 0 saturated heterocycles. The summed E-state index contributed by atoms with van der Waals surface area (Å²) in [5.74, 6) is 3.01. The van der Waals surface area contributed by atoms with Gasteiger partial charge in [0.1, 0.15) is 0 Å². The van der Waals surface area contributed by atoms with Crippen molar-refractivity contribution >= 4 is 11.4 Å². The second-order valence-electron chi connectivity index (χ2n) is 8.98. The van der Waals surface area contributed by atoms with Crippen molar-refractivity contribution in [2.75, 3.05) is 0 Å². The Balaban J connectivity index is 0.00000163. The van der Waals surface area contributed by atoms with Crippen LogP contribution in [0.2, 0.25) is 0 Å². The predicted octanol–water partition coefficient (Wildman–Crippen LogP) is 9.50. The Morgan fingerprint density at radius 3 is 1.53 bits per heavy atom. The fourth-order valence-electron chi connectivity index (χ4n) is 5.03. The molecule has 0 amide bonds. The highest BCUT2D eigenvalue weighted by Crippen LogP contribution is 2.40. The SMILES string of the molecule is C.CC.CC.CC.CC(C)C(C)C1CCCC2C(c3ccccn3)=NN=C(c3ccccn3)C2CC1. The van der Waals surface area contributed by atoms with Crippen LogP contribution in [0.1, 0.15) is 113 Å². The van der Waals surface area contributed by atoms with Gasteiger partial charge >= 0.3 is 0 Å². The van der Waals surface area contributed by atoms with Crippen LogP contribution in [-0.4, -0.2) is 21.4 Å². The topological polar surface area (TPSA) is 50.5 Å². The lowest BCUT2D eigenvalue weighted by molar-refractivity contribution is 0.210. The molecule has 1 aliphatic heterocycles. The quantitative estimate of drug-likeness (QED) is 0.425. The highest BCUT2D eigenvalue weighted by molar-refractivity contribution is 6.10. The molecule has 0 aromatic carbocycles. The summed E-state index contributed by atoms with van der Waals surface area (Å²) in [6.07, 6.45) is 9.81. The maximum atomic E-state index is 4.72. The summed E-state index contributed by atoms with van der Waals surface area (Å²) < 4.78 is 0. The van der Waals surface area contributed by atoms with Crippen molar-refractivity contribution in [3.63, 3.8) is 0 Å². The number of pyridine rings is 2. The summed E-state index contributed by atoms with van der Waals surface area (Å²) in [5.41, 5.74) is 4.07. The van der Waals surface area contributed by atoms with Crippen LogP contribution in [-0.2, 0) is 0 Å². The molecular formula is C32H54N4. The third kappa shape index (κ3) is 8.94. The monoisotopic (exact) mass is 494 g/mol. The lowest BCUT2D eigenvalue weighted by atomic mass is 9.69. The van der Waals surface area contributed by atoms with Crippen LogP contribution < -0.4 is 0 Å². The number of aromatic nitrogens is 2. The molecule has 0 radical (unpaired) electrons. The van der Waals surface area contributed by atoms with E-state index in [-0.39, 0.29) is 7.43 Å². The van der Waals surface area contributed by atoms with E-state index in [1.807, 2.05) is 78.2 Å². The van der Waals surface area contributed by atoms with E-state index in [0.717, 1.165) is 53.4 Å². The number of nitrogens with zero attached hydrogens (tertiary/aromatic N) is 4. The normalized spacial score (nSPS) is 21.4. The largest absolute Gasteiger partial charge is 0.255 e. The first-order valence-electron chi connectivity index (χ1n) is 14.1. The van der Waals surface area contributed by atoms with Gasteiger partial charge < -0.3 is 0 Å². The first kappa shape index (κ1) is 33.6. The molecule has 1 saturated carbocycles. The molecule has 4 heteroatoms. The number of rotatable bonds is 4. The molecule has 4 unspecified atom stereocenters. The Morgan fingerprint density at radius 1 is 0.639 bits per heavy atom. The standard InChI is InChI=1S/C25H32N4.3C2H6.CH4/c1-17(2)18(3)19-9-8-10-20-21(14-13-19)25(23-12-5-7-16-27-23)29-28-24(20)22-11-4-6-15-26-22;3*1-2;/h4-7,11-12,15-21H,8-10,13-14H2,1-3H3;3*1-2H3;1H4. The van der Waals surface area contributed by atoms with Gasteiger partial charge in [0.05, 0.1) is 22.8 Å². The predicted molar refractivity (Wildman–Crippen MR) is 160 cm³/mol. The van der Waals surface area contributed by atoms with Crippen LogP contribution in [0.5, 0.6) is 0 Å². The molecule has 36 heavy (non-hydrogen) atoms. The molecule has 2 aliphatic rings. The van der Waals surface area contributed by atoms with E-state index in [2.05, 4.69) is 42.9 Å². The number of hydrogen-bond acceptors (Lipinski definition) is 4. The summed E-state index contributed by atoms with van der Waals surface area (Å²) in [7, 11) is 0. The van der Waals surface area contributed by atoms with E-state index in [1.54, 1.807) is 0 Å². The van der Waals surface area contributed by atoms with E-state index in [4.69, 9.17) is 10.2 Å². The molecule has 1 fully saturated rings. The van der Waals surface area contributed by atoms with Crippen LogP contribution in [0.4, 0.5) is 0 Å². The van der Waals surface area contributed by atoms with Crippen molar-refractivity contribution in [2.45, 2.75) is 102 Å². The third-order valence-corrected chi connectivity index (χ3v) is 7.04. The van der Waals surface area contributed by atoms with E-state index >= 15 is 0 Å². The van der Waals surface area contributed by atoms with Gasteiger partial charge in [-0.15, -0.1) is 0 Å². The summed E-state index contributed by atoms with van der Waals surface area (Å²) >= 11 is 0. The second kappa shape index (κ2) is 18.8. The zero-order valence-corrected chi connectivity index (χ0v) is 23.8. The average Bonchev–Trinajstić information content (AvgIpc) is 2.92. The number of hydrogen-bond donors (Lipinski definition) is 0. The molecule has 2 aromatic rings. The van der Waals surface area contributed by atoms with Crippen LogP contribution in [0.25, 0.3) is 0 Å². The van der Waals surface area contributed by atoms with Gasteiger partial charge in [-0.2, -0.15) is 10.2 Å². The molecular weight excluding hydrogens is 440 g/mol. The van der Waals surface area contributed by atoms with Gasteiger partial charge in [-0.3, -0.25) is 9.97 Å². The van der Waals surface area contributed by atoms with Gasteiger partial charge in [-0.05, 0) is 61.3 Å². The Hall–Kier alpha value is -2.36. The van der Waals surface area contributed by atoms with Gasteiger partial charge in [0.15, 0.2) is 0 Å². The number of fused-ring (bicyclic) bond motifs is 1. The van der Waals surface area contributed by atoms with E-state index in [0.29, 0.717) is 11.8 Å². The van der Waals surface area contributed by atoms with E-state index in [1.165, 1.54) is 19.3 Å². The molecule has 0 N–H and O–H groups in total. The Kier molecular flexibility index (Phi) is 17.6. The second-order valence-corrected chi connectivity index (χ2v) is 8.98. The lowest BCUT2D eigenvalue weighted by Crippen LogP contribution is -2.37. The van der Waals surface area contributed by atoms with Gasteiger partial charge in [0.25, 0.3) is 0 Å². The van der Waals surface area contributed by atoms with Crippen molar-refractivity contribution in [3.05, 3.63) is 60.2 Å².